The van der Waals surface area contributed by atoms with Crippen molar-refractivity contribution in [1.29, 1.82) is 0 Å². The van der Waals surface area contributed by atoms with E-state index < -0.39 is 0 Å². The van der Waals surface area contributed by atoms with Crippen LogP contribution in [0.5, 0.6) is 0 Å². The first-order chi connectivity index (χ1) is 15.3. The predicted molar refractivity (Wildman–Crippen MR) is 169 cm³/mol. The van der Waals surface area contributed by atoms with Gasteiger partial charge in [-0.25, -0.2) is 0 Å². The number of hydrogen-bond acceptors (Lipinski definition) is 2. The second kappa shape index (κ2) is 40.2. The second-order valence-electron chi connectivity index (χ2n) is 7.63. The van der Waals surface area contributed by atoms with Gasteiger partial charge in [0, 0.05) is 50.1 Å². The van der Waals surface area contributed by atoms with E-state index in [0.717, 1.165) is 39.0 Å². The number of rotatable bonds is 14. The molecule has 2 nitrogen and oxygen atoms in total. The third kappa shape index (κ3) is 43.5. The zero-order chi connectivity index (χ0) is 25.6. The molecule has 196 valence electrons. The van der Waals surface area contributed by atoms with Crippen molar-refractivity contribution in [3.05, 3.63) is 13.8 Å². The molecule has 0 N–H and O–H groups in total. The molecule has 7 heteroatoms. The Kier molecular flexibility index (Phi) is 53.7. The van der Waals surface area contributed by atoms with Gasteiger partial charge in [0.05, 0.1) is 0 Å². The summed E-state index contributed by atoms with van der Waals surface area (Å²) in [5.74, 6) is 0. The van der Waals surface area contributed by atoms with E-state index in [9.17, 15) is 0 Å². The molecular formula is C26H54N2S4Sn. The Labute approximate surface area is 249 Å². The summed E-state index contributed by atoms with van der Waals surface area (Å²) >= 11 is 19.9. The Bertz CT molecular complexity index is 318. The molecule has 0 aromatic carbocycles. The molecule has 0 aromatic heterocycles. The van der Waals surface area contributed by atoms with Crippen molar-refractivity contribution in [1.82, 2.24) is 9.80 Å². The van der Waals surface area contributed by atoms with Gasteiger partial charge in [-0.05, 0) is 75.4 Å². The van der Waals surface area contributed by atoms with Gasteiger partial charge < -0.3 is 9.80 Å². The van der Waals surface area contributed by atoms with Crippen LogP contribution in [-0.4, -0.2) is 68.5 Å². The van der Waals surface area contributed by atoms with Crippen molar-refractivity contribution in [2.24, 2.45) is 0 Å². The Balaban J connectivity index is -0.000000117. The van der Waals surface area contributed by atoms with Crippen molar-refractivity contribution in [3.8, 4) is 0 Å². The fourth-order valence-corrected chi connectivity index (χ4v) is 2.71. The maximum atomic E-state index is 4.98. The van der Waals surface area contributed by atoms with E-state index in [2.05, 4.69) is 65.2 Å². The van der Waals surface area contributed by atoms with Crippen LogP contribution in [0.2, 0.25) is 0 Å². The number of hydrogen-bond donors (Lipinski definition) is 0. The van der Waals surface area contributed by atoms with Crippen LogP contribution in [0.25, 0.3) is 0 Å². The van der Waals surface area contributed by atoms with E-state index in [1.165, 1.54) is 64.2 Å². The third-order valence-electron chi connectivity index (χ3n) is 4.35. The van der Waals surface area contributed by atoms with Gasteiger partial charge in [-0.3, -0.25) is 0 Å². The minimum absolute atomic E-state index is 0. The van der Waals surface area contributed by atoms with Gasteiger partial charge >= 0.3 is 0 Å². The molecule has 0 spiro atoms. The molecule has 0 unspecified atom stereocenters. The summed E-state index contributed by atoms with van der Waals surface area (Å²) in [6.07, 6.45) is 14.2. The van der Waals surface area contributed by atoms with Gasteiger partial charge in [0.2, 0.25) is 0 Å². The first kappa shape index (κ1) is 44.0. The summed E-state index contributed by atoms with van der Waals surface area (Å²) in [6, 6.07) is 0. The summed E-state index contributed by atoms with van der Waals surface area (Å²) in [7, 11) is 0. The molecule has 0 bridgehead atoms. The Hall–Kier alpha value is 1.02. The summed E-state index contributed by atoms with van der Waals surface area (Å²) < 4.78 is 1.27. The SMILES string of the molecule is CCCCN(CCCC)C([S])=S.CCCCN(CCCC)C([S])=S.[CH2]CCC.[CH2]CCC.[Sn]. The average molecular weight is 642 g/mol. The number of thiocarbonyl (C=S) groups is 2. The average Bonchev–Trinajstić information content (AvgIpc) is 2.79. The largest absolute Gasteiger partial charge is 0.354 e. The maximum Gasteiger partial charge on any atom is 0.166 e. The molecular weight excluding hydrogens is 587 g/mol. The quantitative estimate of drug-likeness (QED) is 0.138. The summed E-state index contributed by atoms with van der Waals surface area (Å²) in [6.45, 7) is 24.3. The zero-order valence-electron chi connectivity index (χ0n) is 22.8. The molecule has 8 radical (unpaired) electrons. The summed E-state index contributed by atoms with van der Waals surface area (Å²) in [4.78, 5) is 4.27. The minimum Gasteiger partial charge on any atom is -0.354 e. The fourth-order valence-electron chi connectivity index (χ4n) is 1.98. The molecule has 0 aliphatic carbocycles. The Morgan fingerprint density at radius 3 is 0.788 bits per heavy atom. The van der Waals surface area contributed by atoms with Crippen molar-refractivity contribution < 1.29 is 0 Å². The summed E-state index contributed by atoms with van der Waals surface area (Å²) in [5, 5.41) is 0. The van der Waals surface area contributed by atoms with Crippen LogP contribution >= 0.6 is 49.7 Å². The number of nitrogens with zero attached hydrogens (tertiary/aromatic N) is 2. The maximum absolute atomic E-state index is 4.98. The summed E-state index contributed by atoms with van der Waals surface area (Å²) in [5.41, 5.74) is 0. The van der Waals surface area contributed by atoms with Crippen LogP contribution in [-0.2, 0) is 0 Å². The van der Waals surface area contributed by atoms with Crippen LogP contribution in [0, 0.1) is 13.8 Å². The van der Waals surface area contributed by atoms with Crippen LogP contribution in [0.3, 0.4) is 0 Å². The predicted octanol–water partition coefficient (Wildman–Crippen LogP) is 9.60. The van der Waals surface area contributed by atoms with Gasteiger partial charge in [-0.2, -0.15) is 0 Å². The fraction of sp³-hybridized carbons (Fsp3) is 0.846. The van der Waals surface area contributed by atoms with Gasteiger partial charge in [-0.15, -0.1) is 0 Å². The van der Waals surface area contributed by atoms with E-state index >= 15 is 0 Å². The molecule has 33 heavy (non-hydrogen) atoms. The zero-order valence-corrected chi connectivity index (χ0v) is 28.9. The molecule has 0 aliphatic rings. The molecule has 0 fully saturated rings. The number of unbranched alkanes of at least 4 members (excludes halogenated alkanes) is 6. The smallest absolute Gasteiger partial charge is 0.166 e. The monoisotopic (exact) mass is 642 g/mol. The van der Waals surface area contributed by atoms with Gasteiger partial charge in [0.25, 0.3) is 0 Å². The molecule has 0 saturated heterocycles. The van der Waals surface area contributed by atoms with Crippen molar-refractivity contribution >= 4 is 82.2 Å². The standard InChI is InChI=1S/2C9H18NS2.2C4H9.Sn/c2*1-3-5-7-10(9(11)12)8-6-4-2;2*1-3-4-2;/h2*3-8H2,1-2H3;2*1,3-4H2,2H3;. The first-order valence-electron chi connectivity index (χ1n) is 12.8. The van der Waals surface area contributed by atoms with E-state index in [-0.39, 0.29) is 23.9 Å². The van der Waals surface area contributed by atoms with E-state index in [1.54, 1.807) is 0 Å². The minimum atomic E-state index is 0. The van der Waals surface area contributed by atoms with E-state index in [0.29, 0.717) is 8.64 Å². The molecule has 0 amide bonds. The third-order valence-corrected chi connectivity index (χ3v) is 5.38. The molecule has 0 rings (SSSR count). The van der Waals surface area contributed by atoms with Gasteiger partial charge in [0.15, 0.2) is 8.64 Å². The Morgan fingerprint density at radius 2 is 0.697 bits per heavy atom. The van der Waals surface area contributed by atoms with Crippen LogP contribution in [0.1, 0.15) is 119 Å². The van der Waals surface area contributed by atoms with Crippen LogP contribution in [0.4, 0.5) is 0 Å². The molecule has 0 aliphatic heterocycles. The molecule has 0 aromatic rings. The Morgan fingerprint density at radius 1 is 0.515 bits per heavy atom. The van der Waals surface area contributed by atoms with E-state index in [1.807, 2.05) is 0 Å². The molecule has 0 atom stereocenters. The van der Waals surface area contributed by atoms with Gasteiger partial charge in [0.1, 0.15) is 0 Å². The van der Waals surface area contributed by atoms with Crippen molar-refractivity contribution in [2.45, 2.75) is 119 Å². The van der Waals surface area contributed by atoms with E-state index in [4.69, 9.17) is 49.7 Å². The first-order valence-corrected chi connectivity index (χ1v) is 14.4. The second-order valence-corrected chi connectivity index (χ2v) is 9.69. The topological polar surface area (TPSA) is 6.48 Å². The molecule has 0 heterocycles. The van der Waals surface area contributed by atoms with Crippen molar-refractivity contribution in [3.63, 3.8) is 0 Å². The normalized spacial score (nSPS) is 8.97. The van der Waals surface area contributed by atoms with Crippen molar-refractivity contribution in [2.75, 3.05) is 26.2 Å². The molecule has 0 saturated carbocycles. The van der Waals surface area contributed by atoms with Crippen LogP contribution in [0.15, 0.2) is 0 Å². The van der Waals surface area contributed by atoms with Crippen LogP contribution < -0.4 is 0 Å². The van der Waals surface area contributed by atoms with Gasteiger partial charge in [-0.1, -0.05) is 107 Å².